The maximum Gasteiger partial charge on any atom is 0.417 e. The number of nitrogens with zero attached hydrogens (tertiary/aromatic N) is 3. The zero-order valence-electron chi connectivity index (χ0n) is 23.9. The Morgan fingerprint density at radius 2 is 2.00 bits per heavy atom. The molecule has 0 radical (unpaired) electrons. The third kappa shape index (κ3) is 4.96. The summed E-state index contributed by atoms with van der Waals surface area (Å²) >= 11 is 0. The smallest absolute Gasteiger partial charge is 0.417 e. The zero-order valence-corrected chi connectivity index (χ0v) is 23.9. The zero-order chi connectivity index (χ0) is 28.9. The first-order valence-electron chi connectivity index (χ1n) is 13.9. The van der Waals surface area contributed by atoms with Gasteiger partial charge in [-0.1, -0.05) is 12.1 Å². The molecule has 9 nitrogen and oxygen atoms in total. The molecule has 9 heteroatoms. The molecular formula is C32H35N5O4. The molecule has 0 bridgehead atoms. The van der Waals surface area contributed by atoms with Gasteiger partial charge in [0.1, 0.15) is 11.2 Å². The minimum atomic E-state index is -0.734. The van der Waals surface area contributed by atoms with Gasteiger partial charge in [0, 0.05) is 49.6 Å². The summed E-state index contributed by atoms with van der Waals surface area (Å²) in [6.07, 6.45) is 4.05. The van der Waals surface area contributed by atoms with Crippen molar-refractivity contribution in [2.75, 3.05) is 18.5 Å². The van der Waals surface area contributed by atoms with Gasteiger partial charge < -0.3 is 25.1 Å². The lowest BCUT2D eigenvalue weighted by Gasteiger charge is -2.23. The molecule has 212 valence electrons. The molecule has 1 atom stereocenters. The summed E-state index contributed by atoms with van der Waals surface area (Å²) in [7, 11) is 1.95. The molecule has 2 amide bonds. The molecule has 0 spiro atoms. The number of hydrogen-bond donors (Lipinski definition) is 2. The number of benzene rings is 2. The highest BCUT2D eigenvalue weighted by molar-refractivity contribution is 6.12. The van der Waals surface area contributed by atoms with Crippen molar-refractivity contribution in [2.24, 2.45) is 12.8 Å². The summed E-state index contributed by atoms with van der Waals surface area (Å²) in [5.41, 5.74) is 13.0. The average Bonchev–Trinajstić information content (AvgIpc) is 3.68. The first-order valence-corrected chi connectivity index (χ1v) is 13.9. The van der Waals surface area contributed by atoms with Gasteiger partial charge in [-0.25, -0.2) is 14.7 Å². The normalized spacial score (nSPS) is 16.9. The first kappa shape index (κ1) is 27.0. The van der Waals surface area contributed by atoms with Crippen LogP contribution in [0, 0.1) is 0 Å². The van der Waals surface area contributed by atoms with Crippen molar-refractivity contribution in [3.63, 3.8) is 0 Å². The van der Waals surface area contributed by atoms with E-state index in [9.17, 15) is 9.59 Å². The lowest BCUT2D eigenvalue weighted by atomic mass is 9.92. The number of pyridine rings is 1. The molecule has 0 aliphatic carbocycles. The molecule has 41 heavy (non-hydrogen) atoms. The first-order chi connectivity index (χ1) is 19.6. The molecule has 3 N–H and O–H groups in total. The van der Waals surface area contributed by atoms with Gasteiger partial charge in [0.15, 0.2) is 0 Å². The average molecular weight is 554 g/mol. The number of imide groups is 1. The number of aromatic nitrogens is 2. The lowest BCUT2D eigenvalue weighted by molar-refractivity contribution is 0.0248. The third-order valence-electron chi connectivity index (χ3n) is 7.77. The Morgan fingerprint density at radius 1 is 1.17 bits per heavy atom. The van der Waals surface area contributed by atoms with Gasteiger partial charge in [0.25, 0.3) is 5.91 Å². The number of amides is 2. The maximum absolute atomic E-state index is 13.9. The number of fused-ring (bicyclic) bond motifs is 2. The summed E-state index contributed by atoms with van der Waals surface area (Å²) in [5, 5.41) is 4.42. The highest BCUT2D eigenvalue weighted by atomic mass is 16.6. The predicted octanol–water partition coefficient (Wildman–Crippen LogP) is 5.84. The third-order valence-corrected chi connectivity index (χ3v) is 7.77. The van der Waals surface area contributed by atoms with E-state index >= 15 is 0 Å². The van der Waals surface area contributed by atoms with E-state index in [0.717, 1.165) is 52.0 Å². The van der Waals surface area contributed by atoms with Gasteiger partial charge in [-0.3, -0.25) is 4.79 Å². The summed E-state index contributed by atoms with van der Waals surface area (Å²) in [6.45, 7) is 7.34. The Morgan fingerprint density at radius 3 is 2.73 bits per heavy atom. The van der Waals surface area contributed by atoms with E-state index in [2.05, 4.69) is 16.4 Å². The second kappa shape index (κ2) is 10.3. The molecule has 2 aliphatic rings. The van der Waals surface area contributed by atoms with Crippen molar-refractivity contribution in [1.29, 1.82) is 0 Å². The standard InChI is InChI=1S/C32H35N5O4/c1-32(2,3)41-31(39)37-17-26-23(24-9-12-34-29-25(24)10-13-36(29)4)7-8-27(28(26)30(37)38)35-21-5-6-22(20(15-21)16-33)19-11-14-40-18-19/h5-10,12-13,15,19,35H,11,14,16-18,33H2,1-4H3/t19-/m0/s1. The van der Waals surface area contributed by atoms with Crippen molar-refractivity contribution in [1.82, 2.24) is 14.5 Å². The lowest BCUT2D eigenvalue weighted by Crippen LogP contribution is -2.37. The van der Waals surface area contributed by atoms with Crippen molar-refractivity contribution < 1.29 is 19.1 Å². The fraction of sp³-hybridized carbons (Fsp3) is 0.344. The van der Waals surface area contributed by atoms with E-state index in [-0.39, 0.29) is 6.54 Å². The van der Waals surface area contributed by atoms with Crippen LogP contribution >= 0.6 is 0 Å². The number of nitrogens with two attached hydrogens (primary N) is 1. The largest absolute Gasteiger partial charge is 0.443 e. The molecule has 0 unspecified atom stereocenters. The number of rotatable bonds is 5. The van der Waals surface area contributed by atoms with Gasteiger partial charge in [-0.05, 0) is 85.3 Å². The van der Waals surface area contributed by atoms with Crippen LogP contribution in [0.4, 0.5) is 16.2 Å². The van der Waals surface area contributed by atoms with Crippen LogP contribution in [0.5, 0.6) is 0 Å². The Bertz CT molecular complexity index is 1660. The van der Waals surface area contributed by atoms with E-state index in [1.54, 1.807) is 27.0 Å². The number of ether oxygens (including phenoxy) is 2. The van der Waals surface area contributed by atoms with Crippen molar-refractivity contribution >= 4 is 34.4 Å². The molecular weight excluding hydrogens is 518 g/mol. The minimum absolute atomic E-state index is 0.110. The van der Waals surface area contributed by atoms with Crippen LogP contribution in [0.2, 0.25) is 0 Å². The number of hydrogen-bond acceptors (Lipinski definition) is 7. The Labute approximate surface area is 239 Å². The summed E-state index contributed by atoms with van der Waals surface area (Å²) in [4.78, 5) is 32.7. The number of nitrogens with one attached hydrogen (secondary N) is 1. The van der Waals surface area contributed by atoms with Crippen LogP contribution in [-0.4, -0.2) is 45.3 Å². The van der Waals surface area contributed by atoms with Gasteiger partial charge in [0.05, 0.1) is 24.4 Å². The molecule has 2 aliphatic heterocycles. The van der Waals surface area contributed by atoms with E-state index in [1.165, 1.54) is 10.5 Å². The molecule has 4 aromatic rings. The van der Waals surface area contributed by atoms with E-state index < -0.39 is 17.6 Å². The SMILES string of the molecule is Cn1ccc2c(-c3ccc(Nc4ccc([C@H]5CCOC5)c(CN)c4)c4c3CN(C(=O)OC(C)(C)C)C4=O)ccnc21. The summed E-state index contributed by atoms with van der Waals surface area (Å²) < 4.78 is 13.2. The number of anilines is 2. The number of carbonyl (C=O) groups excluding carboxylic acids is 2. The molecule has 6 rings (SSSR count). The second-order valence-electron chi connectivity index (χ2n) is 11.7. The molecule has 0 saturated carbocycles. The van der Waals surface area contributed by atoms with Gasteiger partial charge in [-0.2, -0.15) is 0 Å². The Hall–Kier alpha value is -4.21. The Balaban J connectivity index is 1.43. The summed E-state index contributed by atoms with van der Waals surface area (Å²) in [6, 6.07) is 14.0. The Kier molecular flexibility index (Phi) is 6.79. The molecule has 1 fully saturated rings. The van der Waals surface area contributed by atoms with Crippen molar-refractivity contribution in [3.05, 3.63) is 77.1 Å². The fourth-order valence-corrected chi connectivity index (χ4v) is 5.84. The monoisotopic (exact) mass is 553 g/mol. The topological polar surface area (TPSA) is 112 Å². The molecule has 2 aromatic heterocycles. The van der Waals surface area contributed by atoms with E-state index in [4.69, 9.17) is 15.2 Å². The highest BCUT2D eigenvalue weighted by Crippen LogP contribution is 2.41. The second-order valence-corrected chi connectivity index (χ2v) is 11.7. The highest BCUT2D eigenvalue weighted by Gasteiger charge is 2.38. The molecule has 4 heterocycles. The van der Waals surface area contributed by atoms with Crippen LogP contribution in [0.3, 0.4) is 0 Å². The van der Waals surface area contributed by atoms with Crippen LogP contribution in [0.1, 0.15) is 60.2 Å². The van der Waals surface area contributed by atoms with Crippen LogP contribution in [-0.2, 0) is 29.6 Å². The van der Waals surface area contributed by atoms with Gasteiger partial charge in [-0.15, -0.1) is 0 Å². The maximum atomic E-state index is 13.9. The quantitative estimate of drug-likeness (QED) is 0.319. The molecule has 2 aromatic carbocycles. The fourth-order valence-electron chi connectivity index (χ4n) is 5.84. The van der Waals surface area contributed by atoms with Crippen LogP contribution in [0.15, 0.2) is 54.9 Å². The van der Waals surface area contributed by atoms with Gasteiger partial charge >= 0.3 is 6.09 Å². The van der Waals surface area contributed by atoms with Crippen LogP contribution < -0.4 is 11.1 Å². The summed E-state index contributed by atoms with van der Waals surface area (Å²) in [5.74, 6) is -0.0546. The number of carbonyl (C=O) groups is 2. The van der Waals surface area contributed by atoms with E-state index in [1.807, 2.05) is 54.2 Å². The molecule has 1 saturated heterocycles. The van der Waals surface area contributed by atoms with Crippen molar-refractivity contribution in [3.8, 4) is 11.1 Å². The minimum Gasteiger partial charge on any atom is -0.443 e. The van der Waals surface area contributed by atoms with Crippen LogP contribution in [0.25, 0.3) is 22.2 Å². The van der Waals surface area contributed by atoms with Gasteiger partial charge in [0.2, 0.25) is 0 Å². The van der Waals surface area contributed by atoms with Crippen molar-refractivity contribution in [2.45, 2.75) is 51.8 Å². The predicted molar refractivity (Wildman–Crippen MR) is 158 cm³/mol. The van der Waals surface area contributed by atoms with E-state index in [0.29, 0.717) is 30.3 Å². The number of aryl methyl sites for hydroxylation is 1.